The fourth-order valence-electron chi connectivity index (χ4n) is 5.38. The number of amides is 1. The molecule has 1 aliphatic rings. The zero-order valence-electron chi connectivity index (χ0n) is 23.9. The number of carbonyl (C=O) groups is 1. The van der Waals surface area contributed by atoms with Gasteiger partial charge in [0.1, 0.15) is 5.82 Å². The first-order valence-electron chi connectivity index (χ1n) is 14.0. The van der Waals surface area contributed by atoms with Gasteiger partial charge in [-0.3, -0.25) is 19.1 Å². The molecule has 0 fully saturated rings. The monoisotopic (exact) mass is 655 g/mol. The van der Waals surface area contributed by atoms with Gasteiger partial charge >= 0.3 is 6.18 Å². The van der Waals surface area contributed by atoms with E-state index in [4.69, 9.17) is 11.6 Å². The third-order valence-electron chi connectivity index (χ3n) is 7.78. The van der Waals surface area contributed by atoms with E-state index in [-0.39, 0.29) is 27.9 Å². The first kappa shape index (κ1) is 31.0. The molecule has 2 bridgehead atoms. The highest BCUT2D eigenvalue weighted by atomic mass is 35.5. The maximum Gasteiger partial charge on any atom is 0.436 e. The zero-order valence-corrected chi connectivity index (χ0v) is 24.7. The summed E-state index contributed by atoms with van der Waals surface area (Å²) in [6.07, 6.45) is -0.0752. The summed E-state index contributed by atoms with van der Waals surface area (Å²) in [4.78, 5) is 35.3. The molecule has 46 heavy (non-hydrogen) atoms. The Morgan fingerprint density at radius 3 is 2.52 bits per heavy atom. The molecule has 2 aromatic carbocycles. The summed E-state index contributed by atoms with van der Waals surface area (Å²) >= 11 is 6.02. The van der Waals surface area contributed by atoms with Gasteiger partial charge in [-0.25, -0.2) is 18.4 Å². The van der Waals surface area contributed by atoms with Gasteiger partial charge in [0.15, 0.2) is 11.5 Å². The van der Waals surface area contributed by atoms with E-state index < -0.39 is 41.0 Å². The van der Waals surface area contributed by atoms with E-state index in [1.165, 1.54) is 41.4 Å². The molecule has 236 valence electrons. The van der Waals surface area contributed by atoms with Crippen LogP contribution in [-0.2, 0) is 11.0 Å². The van der Waals surface area contributed by atoms with Crippen molar-refractivity contribution in [1.82, 2.24) is 29.5 Å². The molecule has 6 rings (SSSR count). The van der Waals surface area contributed by atoms with Gasteiger partial charge in [-0.05, 0) is 60.9 Å². The molecule has 5 aromatic rings. The molecule has 1 N–H and O–H groups in total. The van der Waals surface area contributed by atoms with Crippen LogP contribution in [0.5, 0.6) is 0 Å². The van der Waals surface area contributed by atoms with Crippen LogP contribution in [-0.4, -0.2) is 35.4 Å². The van der Waals surface area contributed by atoms with Crippen LogP contribution in [0, 0.1) is 17.6 Å². The van der Waals surface area contributed by atoms with Crippen molar-refractivity contribution in [2.75, 3.05) is 5.32 Å². The predicted octanol–water partition coefficient (Wildman–Crippen LogP) is 6.85. The standard InChI is InChI=1S/C31H23ClF5N7O2/c1-16-3-2-4-24(17-9-10-38-22(11-17)19-12-18(33)5-7-21(19)40-30(16)46)43-15-39-23(13-27(43)45)28-25(8-6-20(32)29(28)34)44-14-26(41-42-44)31(35,36)37/h5-16,24H,2-4H2,1H3,(H,40,46)/t16-,24+/m1/s1. The molecule has 0 radical (unpaired) electrons. The van der Waals surface area contributed by atoms with Crippen molar-refractivity contribution >= 4 is 23.2 Å². The zero-order chi connectivity index (χ0) is 32.7. The molecule has 0 aliphatic carbocycles. The van der Waals surface area contributed by atoms with Crippen LogP contribution >= 0.6 is 11.6 Å². The number of rotatable bonds is 3. The molecule has 15 heteroatoms. The van der Waals surface area contributed by atoms with Crippen LogP contribution in [0.4, 0.5) is 27.6 Å². The summed E-state index contributed by atoms with van der Waals surface area (Å²) in [6.45, 7) is 1.77. The normalized spacial score (nSPS) is 17.1. The summed E-state index contributed by atoms with van der Waals surface area (Å²) in [6, 6.07) is 10.2. The number of alkyl halides is 3. The number of fused-ring (bicyclic) bond motifs is 4. The van der Waals surface area contributed by atoms with Crippen LogP contribution in [0.15, 0.2) is 72.0 Å². The summed E-state index contributed by atoms with van der Waals surface area (Å²) < 4.78 is 71.4. The van der Waals surface area contributed by atoms with Crippen molar-refractivity contribution in [1.29, 1.82) is 0 Å². The lowest BCUT2D eigenvalue weighted by Crippen LogP contribution is -2.27. The van der Waals surface area contributed by atoms with Gasteiger partial charge in [-0.2, -0.15) is 13.2 Å². The lowest BCUT2D eigenvalue weighted by atomic mass is 9.94. The maximum absolute atomic E-state index is 15.4. The van der Waals surface area contributed by atoms with Gasteiger partial charge in [0, 0.05) is 23.7 Å². The number of benzene rings is 2. The Labute approximate surface area is 262 Å². The van der Waals surface area contributed by atoms with Crippen LogP contribution < -0.4 is 10.9 Å². The van der Waals surface area contributed by atoms with Gasteiger partial charge in [0.2, 0.25) is 5.91 Å². The van der Waals surface area contributed by atoms with Gasteiger partial charge in [0.25, 0.3) is 5.56 Å². The van der Waals surface area contributed by atoms with E-state index in [1.807, 2.05) is 0 Å². The van der Waals surface area contributed by atoms with E-state index in [2.05, 4.69) is 25.6 Å². The highest BCUT2D eigenvalue weighted by Crippen LogP contribution is 2.35. The summed E-state index contributed by atoms with van der Waals surface area (Å²) in [5, 5.41) is 9.12. The van der Waals surface area contributed by atoms with Gasteiger partial charge in [0.05, 0.1) is 51.9 Å². The molecule has 1 amide bonds. The minimum atomic E-state index is -4.79. The number of aromatic nitrogens is 6. The second-order valence-electron chi connectivity index (χ2n) is 10.8. The van der Waals surface area contributed by atoms with Gasteiger partial charge in [-0.1, -0.05) is 30.2 Å². The van der Waals surface area contributed by atoms with Crippen molar-refractivity contribution < 1.29 is 26.7 Å². The Morgan fingerprint density at radius 2 is 1.78 bits per heavy atom. The lowest BCUT2D eigenvalue weighted by molar-refractivity contribution is -0.141. The summed E-state index contributed by atoms with van der Waals surface area (Å²) in [5.74, 6) is -2.20. The number of anilines is 1. The van der Waals surface area contributed by atoms with E-state index in [1.54, 1.807) is 19.1 Å². The second-order valence-corrected chi connectivity index (χ2v) is 11.2. The minimum Gasteiger partial charge on any atom is -0.325 e. The Bertz CT molecular complexity index is 2030. The van der Waals surface area contributed by atoms with Crippen LogP contribution in [0.2, 0.25) is 5.02 Å². The minimum absolute atomic E-state index is 0.169. The molecule has 0 spiro atoms. The van der Waals surface area contributed by atoms with E-state index in [0.29, 0.717) is 48.0 Å². The van der Waals surface area contributed by atoms with E-state index in [0.717, 1.165) is 16.8 Å². The Kier molecular flexibility index (Phi) is 8.15. The fraction of sp³-hybridized carbons (Fsp3) is 0.226. The van der Waals surface area contributed by atoms with Crippen molar-refractivity contribution in [2.45, 2.75) is 38.4 Å². The highest BCUT2D eigenvalue weighted by Gasteiger charge is 2.35. The molecule has 3 aromatic heterocycles. The van der Waals surface area contributed by atoms with E-state index in [9.17, 15) is 27.2 Å². The summed E-state index contributed by atoms with van der Waals surface area (Å²) in [5.41, 5.74) is -0.861. The largest absolute Gasteiger partial charge is 0.436 e. The number of hydrogen-bond donors (Lipinski definition) is 1. The Morgan fingerprint density at radius 1 is 0.978 bits per heavy atom. The third-order valence-corrected chi connectivity index (χ3v) is 8.07. The van der Waals surface area contributed by atoms with Crippen LogP contribution in [0.1, 0.15) is 43.5 Å². The van der Waals surface area contributed by atoms with Crippen molar-refractivity contribution in [2.24, 2.45) is 5.92 Å². The average molecular weight is 656 g/mol. The number of hydrogen-bond acceptors (Lipinski definition) is 6. The highest BCUT2D eigenvalue weighted by molar-refractivity contribution is 6.31. The van der Waals surface area contributed by atoms with Crippen molar-refractivity contribution in [3.05, 3.63) is 106 Å². The fourth-order valence-corrected chi connectivity index (χ4v) is 5.53. The number of nitrogens with zero attached hydrogens (tertiary/aromatic N) is 6. The van der Waals surface area contributed by atoms with E-state index >= 15 is 4.39 Å². The topological polar surface area (TPSA) is 108 Å². The molecule has 0 unspecified atom stereocenters. The molecule has 0 saturated heterocycles. The molecule has 0 saturated carbocycles. The number of nitrogens with one attached hydrogen (secondary N) is 1. The van der Waals surface area contributed by atoms with Gasteiger partial charge in [-0.15, -0.1) is 5.10 Å². The Balaban J connectivity index is 1.45. The molecule has 2 atom stereocenters. The average Bonchev–Trinajstić information content (AvgIpc) is 3.52. The molecular formula is C31H23ClF5N7O2. The lowest BCUT2D eigenvalue weighted by Gasteiger charge is -2.23. The van der Waals surface area contributed by atoms with Gasteiger partial charge < -0.3 is 5.32 Å². The molecule has 4 heterocycles. The first-order chi connectivity index (χ1) is 21.9. The number of carbonyl (C=O) groups excluding carboxylic acids is 1. The first-order valence-corrected chi connectivity index (χ1v) is 14.4. The SMILES string of the molecule is C[C@@H]1CCC[C@H](n2cnc(-c3c(-n4cc(C(F)(F)F)nn4)ccc(Cl)c3F)cc2=O)c2ccnc(c2)-c2cc(F)ccc2NC1=O. The molecule has 1 aliphatic heterocycles. The van der Waals surface area contributed by atoms with Crippen LogP contribution in [0.25, 0.3) is 28.2 Å². The predicted molar refractivity (Wildman–Crippen MR) is 158 cm³/mol. The quantitative estimate of drug-likeness (QED) is 0.213. The molecule has 9 nitrogen and oxygen atoms in total. The number of halogens is 6. The molecular weight excluding hydrogens is 633 g/mol. The number of pyridine rings is 1. The third kappa shape index (κ3) is 5.99. The van der Waals surface area contributed by atoms with Crippen LogP contribution in [0.3, 0.4) is 0 Å². The maximum atomic E-state index is 15.4. The Hall–Kier alpha value is -4.98. The second kappa shape index (κ2) is 12.1. The smallest absolute Gasteiger partial charge is 0.325 e. The van der Waals surface area contributed by atoms with Crippen molar-refractivity contribution in [3.63, 3.8) is 0 Å². The van der Waals surface area contributed by atoms with Crippen molar-refractivity contribution in [3.8, 4) is 28.2 Å². The summed E-state index contributed by atoms with van der Waals surface area (Å²) in [7, 11) is 0.